The Labute approximate surface area is 188 Å². The van der Waals surface area contributed by atoms with Gasteiger partial charge >= 0.3 is 5.97 Å². The standard InChI is InChI=1S/C21H25BrN2O7/c1-3-30-20(28)14-15-19(27)24(8-9-25)17(21(15)10-13(22)16(14)31-21)18(26)23-11-4-6-12(29-2)7-5-11/h4-7,13-17,25H,3,8-10H2,1-2H3,(H,23,26)/t13?,14-,15-,16-,17?,21?/m0/s1. The third-order valence-corrected chi connectivity index (χ3v) is 7.14. The summed E-state index contributed by atoms with van der Waals surface area (Å²) in [4.78, 5) is 40.6. The van der Waals surface area contributed by atoms with Gasteiger partial charge < -0.3 is 29.5 Å². The van der Waals surface area contributed by atoms with Crippen LogP contribution < -0.4 is 10.1 Å². The van der Waals surface area contributed by atoms with Crippen molar-refractivity contribution in [3.8, 4) is 5.75 Å². The van der Waals surface area contributed by atoms with E-state index in [1.165, 1.54) is 4.90 Å². The van der Waals surface area contributed by atoms with E-state index in [4.69, 9.17) is 14.2 Å². The van der Waals surface area contributed by atoms with Crippen LogP contribution in [0.4, 0.5) is 5.69 Å². The Morgan fingerprint density at radius 2 is 2.06 bits per heavy atom. The van der Waals surface area contributed by atoms with E-state index in [-0.39, 0.29) is 30.5 Å². The molecule has 6 atom stereocenters. The van der Waals surface area contributed by atoms with Gasteiger partial charge in [-0.2, -0.15) is 0 Å². The number of likely N-dealkylation sites (tertiary alicyclic amines) is 1. The molecule has 9 nitrogen and oxygen atoms in total. The second-order valence-electron chi connectivity index (χ2n) is 7.89. The minimum Gasteiger partial charge on any atom is -0.497 e. The van der Waals surface area contributed by atoms with Crippen molar-refractivity contribution in [3.05, 3.63) is 24.3 Å². The Kier molecular flexibility index (Phi) is 5.97. The number of carbonyl (C=O) groups excluding carboxylic acids is 3. The van der Waals surface area contributed by atoms with Crippen molar-refractivity contribution >= 4 is 39.4 Å². The molecular weight excluding hydrogens is 472 g/mol. The number of esters is 1. The van der Waals surface area contributed by atoms with E-state index in [1.54, 1.807) is 38.3 Å². The molecule has 2 bridgehead atoms. The summed E-state index contributed by atoms with van der Waals surface area (Å²) in [7, 11) is 1.55. The lowest BCUT2D eigenvalue weighted by atomic mass is 9.70. The van der Waals surface area contributed by atoms with Gasteiger partial charge in [-0.1, -0.05) is 15.9 Å². The lowest BCUT2D eigenvalue weighted by molar-refractivity contribution is -0.154. The largest absolute Gasteiger partial charge is 0.497 e. The highest BCUT2D eigenvalue weighted by Gasteiger charge is 2.76. The van der Waals surface area contributed by atoms with Crippen LogP contribution in [0, 0.1) is 11.8 Å². The van der Waals surface area contributed by atoms with Crippen LogP contribution in [0.3, 0.4) is 0 Å². The molecule has 168 valence electrons. The maximum Gasteiger partial charge on any atom is 0.312 e. The predicted octanol–water partition coefficient (Wildman–Crippen LogP) is 0.937. The van der Waals surface area contributed by atoms with Crippen molar-refractivity contribution in [2.24, 2.45) is 11.8 Å². The number of carbonyl (C=O) groups is 3. The minimum atomic E-state index is -1.17. The molecule has 3 unspecified atom stereocenters. The molecule has 3 heterocycles. The number of benzene rings is 1. The van der Waals surface area contributed by atoms with E-state index >= 15 is 0 Å². The summed E-state index contributed by atoms with van der Waals surface area (Å²) >= 11 is 3.57. The molecule has 4 rings (SSSR count). The molecular formula is C21H25BrN2O7. The first kappa shape index (κ1) is 22.0. The van der Waals surface area contributed by atoms with Crippen LogP contribution in [-0.2, 0) is 23.9 Å². The normalized spacial score (nSPS) is 33.4. The third-order valence-electron chi connectivity index (χ3n) is 6.29. The summed E-state index contributed by atoms with van der Waals surface area (Å²) < 4.78 is 16.6. The van der Waals surface area contributed by atoms with Crippen LogP contribution in [0.5, 0.6) is 5.75 Å². The maximum atomic E-state index is 13.4. The van der Waals surface area contributed by atoms with Gasteiger partial charge in [-0.25, -0.2) is 0 Å². The third kappa shape index (κ3) is 3.41. The fourth-order valence-corrected chi connectivity index (χ4v) is 6.11. The zero-order chi connectivity index (χ0) is 22.3. The number of β-amino-alcohol motifs (C(OH)–C–C–N with tert-alkyl or cyclic N) is 1. The van der Waals surface area contributed by atoms with E-state index in [2.05, 4.69) is 21.2 Å². The molecule has 0 aromatic heterocycles. The quantitative estimate of drug-likeness (QED) is 0.426. The van der Waals surface area contributed by atoms with Crippen molar-refractivity contribution in [2.45, 2.75) is 35.9 Å². The SMILES string of the molecule is CCOC(=O)[C@H]1[C@H]2C(=O)N(CCO)C(C(=O)Nc3ccc(OC)cc3)C23CC(Br)[C@@H]1O3. The highest BCUT2D eigenvalue weighted by Crippen LogP contribution is 2.60. The van der Waals surface area contributed by atoms with Crippen molar-refractivity contribution in [3.63, 3.8) is 0 Å². The van der Waals surface area contributed by atoms with Crippen LogP contribution in [0.25, 0.3) is 0 Å². The lowest BCUT2D eigenvalue weighted by Crippen LogP contribution is -2.54. The number of anilines is 1. The second-order valence-corrected chi connectivity index (χ2v) is 9.06. The number of nitrogens with one attached hydrogen (secondary N) is 1. The number of aliphatic hydroxyl groups is 1. The number of ether oxygens (including phenoxy) is 3. The van der Waals surface area contributed by atoms with Crippen LogP contribution in [0.15, 0.2) is 24.3 Å². The minimum absolute atomic E-state index is 0.0334. The van der Waals surface area contributed by atoms with Crippen LogP contribution in [0.2, 0.25) is 0 Å². The first-order chi connectivity index (χ1) is 14.9. The molecule has 0 radical (unpaired) electrons. The molecule has 3 saturated heterocycles. The molecule has 0 saturated carbocycles. The number of halogens is 1. The van der Waals surface area contributed by atoms with E-state index in [9.17, 15) is 19.5 Å². The van der Waals surface area contributed by atoms with Gasteiger partial charge in [0.25, 0.3) is 0 Å². The van der Waals surface area contributed by atoms with Gasteiger partial charge in [0.15, 0.2) is 0 Å². The van der Waals surface area contributed by atoms with E-state index < -0.39 is 41.5 Å². The van der Waals surface area contributed by atoms with Crippen LogP contribution >= 0.6 is 15.9 Å². The number of hydrogen-bond donors (Lipinski definition) is 2. The lowest BCUT2D eigenvalue weighted by Gasteiger charge is -2.33. The Balaban J connectivity index is 1.68. The first-order valence-electron chi connectivity index (χ1n) is 10.2. The van der Waals surface area contributed by atoms with Crippen LogP contribution in [0.1, 0.15) is 13.3 Å². The number of alkyl halides is 1. The first-order valence-corrected chi connectivity index (χ1v) is 11.1. The topological polar surface area (TPSA) is 114 Å². The zero-order valence-corrected chi connectivity index (χ0v) is 18.8. The number of fused-ring (bicyclic) bond motifs is 1. The summed E-state index contributed by atoms with van der Waals surface area (Å²) in [6, 6.07) is 5.83. The van der Waals surface area contributed by atoms with Gasteiger partial charge in [0, 0.05) is 17.1 Å². The second kappa shape index (κ2) is 8.40. The van der Waals surface area contributed by atoms with Gasteiger partial charge in [0.1, 0.15) is 17.4 Å². The van der Waals surface area contributed by atoms with Gasteiger partial charge in [-0.15, -0.1) is 0 Å². The van der Waals surface area contributed by atoms with Gasteiger partial charge in [0.05, 0.1) is 38.3 Å². The average molecular weight is 497 g/mol. The maximum absolute atomic E-state index is 13.4. The molecule has 1 aromatic carbocycles. The monoisotopic (exact) mass is 496 g/mol. The molecule has 3 aliphatic heterocycles. The predicted molar refractivity (Wildman–Crippen MR) is 113 cm³/mol. The molecule has 1 aromatic rings. The zero-order valence-electron chi connectivity index (χ0n) is 17.2. The highest BCUT2D eigenvalue weighted by atomic mass is 79.9. The number of aliphatic hydroxyl groups excluding tert-OH is 1. The molecule has 1 spiro atoms. The van der Waals surface area contributed by atoms with Gasteiger partial charge in [-0.3, -0.25) is 14.4 Å². The van der Waals surface area contributed by atoms with Crippen molar-refractivity contribution < 1.29 is 33.7 Å². The summed E-state index contributed by atoms with van der Waals surface area (Å²) in [5.74, 6) is -2.29. The van der Waals surface area contributed by atoms with Crippen molar-refractivity contribution in [1.82, 2.24) is 4.90 Å². The molecule has 3 aliphatic rings. The fraction of sp³-hybridized carbons (Fsp3) is 0.571. The summed E-state index contributed by atoms with van der Waals surface area (Å²) in [5.41, 5.74) is -0.633. The molecule has 31 heavy (non-hydrogen) atoms. The molecule has 2 amide bonds. The molecule has 2 N–H and O–H groups in total. The van der Waals surface area contributed by atoms with Gasteiger partial charge in [0.2, 0.25) is 11.8 Å². The number of nitrogens with zero attached hydrogens (tertiary/aromatic N) is 1. The van der Waals surface area contributed by atoms with E-state index in [0.717, 1.165) is 0 Å². The molecule has 3 fully saturated rings. The Bertz CT molecular complexity index is 879. The smallest absolute Gasteiger partial charge is 0.312 e. The van der Waals surface area contributed by atoms with E-state index in [0.29, 0.717) is 17.9 Å². The summed E-state index contributed by atoms with van der Waals surface area (Å²) in [6.07, 6.45) is -0.160. The molecule has 10 heteroatoms. The Morgan fingerprint density at radius 3 is 2.68 bits per heavy atom. The van der Waals surface area contributed by atoms with Crippen LogP contribution in [-0.4, -0.2) is 77.2 Å². The van der Waals surface area contributed by atoms with Crippen molar-refractivity contribution in [2.75, 3.05) is 32.2 Å². The number of hydrogen-bond acceptors (Lipinski definition) is 7. The number of rotatable bonds is 7. The Morgan fingerprint density at radius 1 is 1.35 bits per heavy atom. The summed E-state index contributed by atoms with van der Waals surface area (Å²) in [6.45, 7) is 1.54. The Hall–Kier alpha value is -2.17. The van der Waals surface area contributed by atoms with Gasteiger partial charge in [-0.05, 0) is 37.6 Å². The molecule has 0 aliphatic carbocycles. The summed E-state index contributed by atoms with van der Waals surface area (Å²) in [5, 5.41) is 12.4. The highest BCUT2D eigenvalue weighted by molar-refractivity contribution is 9.09. The number of methoxy groups -OCH3 is 1. The van der Waals surface area contributed by atoms with Crippen molar-refractivity contribution in [1.29, 1.82) is 0 Å². The number of amides is 2. The average Bonchev–Trinajstić information content (AvgIpc) is 3.33. The fourth-order valence-electron chi connectivity index (χ4n) is 5.17. The van der Waals surface area contributed by atoms with E-state index in [1.807, 2.05) is 0 Å².